The molecule has 0 spiro atoms. The minimum atomic E-state index is -2.76. The lowest BCUT2D eigenvalue weighted by Crippen LogP contribution is -2.52. The summed E-state index contributed by atoms with van der Waals surface area (Å²) >= 11 is 0. The van der Waals surface area contributed by atoms with E-state index < -0.39 is 9.84 Å². The summed E-state index contributed by atoms with van der Waals surface area (Å²) in [7, 11) is -1.03. The normalized spacial score (nSPS) is 35.3. The highest BCUT2D eigenvalue weighted by Gasteiger charge is 2.43. The predicted octanol–water partition coefficient (Wildman–Crippen LogP) is 0.580. The first-order valence-electron chi connectivity index (χ1n) is 6.02. The molecule has 2 rings (SSSR count). The second-order valence-electron chi connectivity index (χ2n) is 5.05. The maximum Gasteiger partial charge on any atom is 0.150 e. The van der Waals surface area contributed by atoms with Gasteiger partial charge in [-0.2, -0.15) is 0 Å². The van der Waals surface area contributed by atoms with Crippen LogP contribution in [-0.2, 0) is 14.6 Å². The topological polar surface area (TPSA) is 55.4 Å². The summed E-state index contributed by atoms with van der Waals surface area (Å²) in [6.45, 7) is 1.74. The SMILES string of the molecule is COCC1(C2CCS(=O)(=O)CC2)CCCN1. The summed E-state index contributed by atoms with van der Waals surface area (Å²) in [6, 6.07) is 0. The van der Waals surface area contributed by atoms with Gasteiger partial charge in [0.1, 0.15) is 9.84 Å². The Labute approximate surface area is 97.7 Å². The van der Waals surface area contributed by atoms with Crippen molar-refractivity contribution in [3.8, 4) is 0 Å². The van der Waals surface area contributed by atoms with Crippen molar-refractivity contribution in [1.82, 2.24) is 5.32 Å². The monoisotopic (exact) mass is 247 g/mol. The highest BCUT2D eigenvalue weighted by molar-refractivity contribution is 7.91. The van der Waals surface area contributed by atoms with Crippen LogP contribution in [0, 0.1) is 5.92 Å². The maximum absolute atomic E-state index is 11.4. The van der Waals surface area contributed by atoms with E-state index in [0.717, 1.165) is 25.8 Å². The average molecular weight is 247 g/mol. The molecular weight excluding hydrogens is 226 g/mol. The molecule has 0 aromatic heterocycles. The number of nitrogens with one attached hydrogen (secondary N) is 1. The van der Waals surface area contributed by atoms with E-state index in [1.54, 1.807) is 7.11 Å². The summed E-state index contributed by atoms with van der Waals surface area (Å²) in [5.74, 6) is 1.16. The van der Waals surface area contributed by atoms with Crippen LogP contribution in [0.3, 0.4) is 0 Å². The van der Waals surface area contributed by atoms with Crippen LogP contribution in [-0.4, -0.2) is 45.7 Å². The van der Waals surface area contributed by atoms with Crippen LogP contribution < -0.4 is 5.32 Å². The first kappa shape index (κ1) is 12.3. The molecule has 0 saturated carbocycles. The zero-order valence-electron chi connectivity index (χ0n) is 9.87. The van der Waals surface area contributed by atoms with Crippen molar-refractivity contribution in [1.29, 1.82) is 0 Å². The molecule has 2 heterocycles. The summed E-state index contributed by atoms with van der Waals surface area (Å²) in [5, 5.41) is 3.55. The third kappa shape index (κ3) is 2.41. The molecule has 0 aliphatic carbocycles. The maximum atomic E-state index is 11.4. The molecule has 2 aliphatic rings. The highest BCUT2D eigenvalue weighted by atomic mass is 32.2. The van der Waals surface area contributed by atoms with Gasteiger partial charge in [0, 0.05) is 12.6 Å². The summed E-state index contributed by atoms with van der Waals surface area (Å²) < 4.78 is 28.2. The van der Waals surface area contributed by atoms with Crippen molar-refractivity contribution in [2.75, 3.05) is 31.8 Å². The fraction of sp³-hybridized carbons (Fsp3) is 1.00. The van der Waals surface area contributed by atoms with Gasteiger partial charge >= 0.3 is 0 Å². The lowest BCUT2D eigenvalue weighted by molar-refractivity contribution is 0.0760. The number of hydrogen-bond donors (Lipinski definition) is 1. The van der Waals surface area contributed by atoms with Crippen LogP contribution >= 0.6 is 0 Å². The van der Waals surface area contributed by atoms with E-state index >= 15 is 0 Å². The molecule has 2 aliphatic heterocycles. The van der Waals surface area contributed by atoms with Gasteiger partial charge in [0.05, 0.1) is 18.1 Å². The molecular formula is C11H21NO3S. The van der Waals surface area contributed by atoms with Gasteiger partial charge in [0.15, 0.2) is 0 Å². The number of methoxy groups -OCH3 is 1. The molecule has 4 nitrogen and oxygen atoms in total. The van der Waals surface area contributed by atoms with E-state index in [2.05, 4.69) is 5.32 Å². The zero-order valence-corrected chi connectivity index (χ0v) is 10.7. The number of hydrogen-bond acceptors (Lipinski definition) is 4. The predicted molar refractivity (Wildman–Crippen MR) is 63.2 cm³/mol. The Bertz CT molecular complexity index is 319. The van der Waals surface area contributed by atoms with Crippen LogP contribution in [0.5, 0.6) is 0 Å². The Hall–Kier alpha value is -0.130. The second-order valence-corrected chi connectivity index (χ2v) is 7.35. The Morgan fingerprint density at radius 1 is 1.38 bits per heavy atom. The lowest BCUT2D eigenvalue weighted by Gasteiger charge is -2.39. The van der Waals surface area contributed by atoms with Gasteiger partial charge in [0.25, 0.3) is 0 Å². The van der Waals surface area contributed by atoms with Crippen molar-refractivity contribution in [2.45, 2.75) is 31.2 Å². The summed E-state index contributed by atoms with van der Waals surface area (Å²) in [5.41, 5.74) is 0.0463. The van der Waals surface area contributed by atoms with E-state index in [0.29, 0.717) is 24.0 Å². The van der Waals surface area contributed by atoms with Gasteiger partial charge < -0.3 is 10.1 Å². The molecule has 16 heavy (non-hydrogen) atoms. The molecule has 2 fully saturated rings. The second kappa shape index (κ2) is 4.63. The molecule has 0 aromatic carbocycles. The van der Waals surface area contributed by atoms with Gasteiger partial charge in [-0.25, -0.2) is 8.42 Å². The first-order chi connectivity index (χ1) is 7.58. The van der Waals surface area contributed by atoms with E-state index in [9.17, 15) is 8.42 Å². The van der Waals surface area contributed by atoms with Crippen LogP contribution in [0.2, 0.25) is 0 Å². The fourth-order valence-corrected chi connectivity index (χ4v) is 4.61. The molecule has 0 amide bonds. The largest absolute Gasteiger partial charge is 0.383 e. The Morgan fingerprint density at radius 3 is 2.56 bits per heavy atom. The van der Waals surface area contributed by atoms with Gasteiger partial charge in [-0.1, -0.05) is 0 Å². The van der Waals surface area contributed by atoms with Gasteiger partial charge in [0.2, 0.25) is 0 Å². The first-order valence-corrected chi connectivity index (χ1v) is 7.84. The Morgan fingerprint density at radius 2 is 2.06 bits per heavy atom. The molecule has 94 valence electrons. The van der Waals surface area contributed by atoms with E-state index in [1.807, 2.05) is 0 Å². The molecule has 5 heteroatoms. The summed E-state index contributed by atoms with van der Waals surface area (Å²) in [6.07, 6.45) is 3.87. The molecule has 0 aromatic rings. The summed E-state index contributed by atoms with van der Waals surface area (Å²) in [4.78, 5) is 0. The number of sulfone groups is 1. The van der Waals surface area contributed by atoms with Crippen LogP contribution in [0.4, 0.5) is 0 Å². The molecule has 0 bridgehead atoms. The van der Waals surface area contributed by atoms with Crippen LogP contribution in [0.25, 0.3) is 0 Å². The van der Waals surface area contributed by atoms with Crippen LogP contribution in [0.1, 0.15) is 25.7 Å². The Balaban J connectivity index is 2.05. The van der Waals surface area contributed by atoms with Gasteiger partial charge in [-0.3, -0.25) is 0 Å². The standard InChI is InChI=1S/C11H21NO3S/c1-15-9-11(5-2-6-12-11)10-3-7-16(13,14)8-4-10/h10,12H,2-9H2,1H3. The van der Waals surface area contributed by atoms with E-state index in [4.69, 9.17) is 4.74 Å². The van der Waals surface area contributed by atoms with Gasteiger partial charge in [-0.15, -0.1) is 0 Å². The van der Waals surface area contributed by atoms with Crippen molar-refractivity contribution in [3.63, 3.8) is 0 Å². The molecule has 0 radical (unpaired) electrons. The number of ether oxygens (including phenoxy) is 1. The molecule has 1 N–H and O–H groups in total. The molecule has 2 saturated heterocycles. The Kier molecular flexibility index (Phi) is 3.56. The zero-order chi connectivity index (χ0) is 11.6. The quantitative estimate of drug-likeness (QED) is 0.792. The molecule has 1 unspecified atom stereocenters. The smallest absolute Gasteiger partial charge is 0.150 e. The average Bonchev–Trinajstić information content (AvgIpc) is 2.68. The van der Waals surface area contributed by atoms with E-state index in [1.165, 1.54) is 6.42 Å². The third-order valence-electron chi connectivity index (χ3n) is 4.01. The van der Waals surface area contributed by atoms with Crippen molar-refractivity contribution < 1.29 is 13.2 Å². The lowest BCUT2D eigenvalue weighted by atomic mass is 9.79. The highest BCUT2D eigenvalue weighted by Crippen LogP contribution is 2.35. The van der Waals surface area contributed by atoms with E-state index in [-0.39, 0.29) is 5.54 Å². The minimum absolute atomic E-state index is 0.0463. The minimum Gasteiger partial charge on any atom is -0.383 e. The van der Waals surface area contributed by atoms with Crippen molar-refractivity contribution >= 4 is 9.84 Å². The fourth-order valence-electron chi connectivity index (χ4n) is 3.12. The van der Waals surface area contributed by atoms with Crippen LogP contribution in [0.15, 0.2) is 0 Å². The van der Waals surface area contributed by atoms with Crippen molar-refractivity contribution in [3.05, 3.63) is 0 Å². The third-order valence-corrected chi connectivity index (χ3v) is 5.73. The number of rotatable bonds is 3. The van der Waals surface area contributed by atoms with Crippen molar-refractivity contribution in [2.24, 2.45) is 5.92 Å². The molecule has 1 atom stereocenters. The van der Waals surface area contributed by atoms with Gasteiger partial charge in [-0.05, 0) is 38.1 Å².